The van der Waals surface area contributed by atoms with Crippen LogP contribution < -0.4 is 11.1 Å². The maximum absolute atomic E-state index is 13.0. The van der Waals surface area contributed by atoms with E-state index in [1.165, 1.54) is 0 Å². The van der Waals surface area contributed by atoms with Crippen LogP contribution in [0.2, 0.25) is 0 Å². The molecule has 0 spiro atoms. The summed E-state index contributed by atoms with van der Waals surface area (Å²) in [5, 5.41) is 2.93. The predicted octanol–water partition coefficient (Wildman–Crippen LogP) is 2.50. The van der Waals surface area contributed by atoms with E-state index in [0.717, 1.165) is 36.9 Å². The van der Waals surface area contributed by atoms with Gasteiger partial charge in [-0.25, -0.2) is 9.97 Å². The van der Waals surface area contributed by atoms with Crippen LogP contribution in [0.3, 0.4) is 0 Å². The van der Waals surface area contributed by atoms with Crippen molar-refractivity contribution in [1.82, 2.24) is 19.9 Å². The zero-order chi connectivity index (χ0) is 20.2. The van der Waals surface area contributed by atoms with Gasteiger partial charge in [0.15, 0.2) is 5.65 Å². The van der Waals surface area contributed by atoms with Crippen molar-refractivity contribution < 1.29 is 14.3 Å². The Bertz CT molecular complexity index is 1010. The van der Waals surface area contributed by atoms with Gasteiger partial charge < -0.3 is 25.1 Å². The van der Waals surface area contributed by atoms with Crippen LogP contribution in [-0.2, 0) is 16.0 Å². The molecule has 0 aliphatic carbocycles. The minimum Gasteiger partial charge on any atom is -0.384 e. The lowest BCUT2D eigenvalue weighted by atomic mass is 10.2. The number of aromatic nitrogens is 3. The van der Waals surface area contributed by atoms with Gasteiger partial charge in [-0.1, -0.05) is 12.1 Å². The summed E-state index contributed by atoms with van der Waals surface area (Å²) < 4.78 is 13.0. The Morgan fingerprint density at radius 1 is 1.34 bits per heavy atom. The summed E-state index contributed by atoms with van der Waals surface area (Å²) in [4.78, 5) is 22.4. The van der Waals surface area contributed by atoms with E-state index in [1.807, 2.05) is 35.8 Å². The standard InChI is InChI=1S/C21H27N5O3/c1-2-28-11-6-10-23-21(27)17-18-20(25-16-9-4-3-8-15(16)24-18)26(19(17)22)13-14-7-5-12-29-14/h3-4,8-9,14H,2,5-7,10-13,22H2,1H3,(H,23,27)/t14-/m1/s1. The van der Waals surface area contributed by atoms with Crippen molar-refractivity contribution in [1.29, 1.82) is 0 Å². The molecule has 0 unspecified atom stereocenters. The van der Waals surface area contributed by atoms with Gasteiger partial charge in [-0.3, -0.25) is 4.79 Å². The Morgan fingerprint density at radius 2 is 2.14 bits per heavy atom. The highest BCUT2D eigenvalue weighted by atomic mass is 16.5. The molecule has 1 amide bonds. The number of rotatable bonds is 8. The number of fused-ring (bicyclic) bond motifs is 2. The number of carbonyl (C=O) groups excluding carboxylic acids is 1. The molecule has 154 valence electrons. The number of anilines is 1. The second-order valence-electron chi connectivity index (χ2n) is 7.20. The van der Waals surface area contributed by atoms with Crippen molar-refractivity contribution in [3.05, 3.63) is 29.8 Å². The first kappa shape index (κ1) is 19.6. The summed E-state index contributed by atoms with van der Waals surface area (Å²) in [6.07, 6.45) is 2.82. The number of para-hydroxylation sites is 2. The van der Waals surface area contributed by atoms with Crippen LogP contribution in [0.4, 0.5) is 5.82 Å². The van der Waals surface area contributed by atoms with Crippen LogP contribution in [0.5, 0.6) is 0 Å². The second-order valence-corrected chi connectivity index (χ2v) is 7.20. The van der Waals surface area contributed by atoms with Gasteiger partial charge in [0.05, 0.1) is 23.7 Å². The number of nitrogens with two attached hydrogens (primary N) is 1. The van der Waals surface area contributed by atoms with Crippen molar-refractivity contribution in [2.45, 2.75) is 38.8 Å². The third-order valence-corrected chi connectivity index (χ3v) is 5.18. The van der Waals surface area contributed by atoms with E-state index in [0.29, 0.717) is 48.8 Å². The van der Waals surface area contributed by atoms with Gasteiger partial charge in [-0.2, -0.15) is 0 Å². The first-order valence-electron chi connectivity index (χ1n) is 10.2. The largest absolute Gasteiger partial charge is 0.384 e. The first-order valence-corrected chi connectivity index (χ1v) is 10.2. The zero-order valence-corrected chi connectivity index (χ0v) is 16.7. The number of nitrogens with one attached hydrogen (secondary N) is 1. The monoisotopic (exact) mass is 397 g/mol. The Hall–Kier alpha value is -2.71. The third kappa shape index (κ3) is 4.04. The van der Waals surface area contributed by atoms with Gasteiger partial charge >= 0.3 is 0 Å². The summed E-state index contributed by atoms with van der Waals surface area (Å²) in [7, 11) is 0. The van der Waals surface area contributed by atoms with E-state index in [1.54, 1.807) is 0 Å². The number of carbonyl (C=O) groups is 1. The fraction of sp³-hybridized carbons (Fsp3) is 0.476. The molecule has 4 rings (SSSR count). The quantitative estimate of drug-likeness (QED) is 0.566. The van der Waals surface area contributed by atoms with Crippen LogP contribution >= 0.6 is 0 Å². The Balaban J connectivity index is 1.70. The van der Waals surface area contributed by atoms with Crippen molar-refractivity contribution in [2.24, 2.45) is 0 Å². The lowest BCUT2D eigenvalue weighted by molar-refractivity contribution is 0.0941. The number of hydrogen-bond donors (Lipinski definition) is 2. The molecule has 1 aliphatic heterocycles. The summed E-state index contributed by atoms with van der Waals surface area (Å²) in [5.74, 6) is 0.146. The molecular weight excluding hydrogens is 370 g/mol. The Morgan fingerprint density at radius 3 is 2.86 bits per heavy atom. The second kappa shape index (κ2) is 8.75. The van der Waals surface area contributed by atoms with E-state index in [4.69, 9.17) is 25.2 Å². The molecule has 0 saturated carbocycles. The molecular formula is C21H27N5O3. The molecule has 0 bridgehead atoms. The molecule has 3 heterocycles. The highest BCUT2D eigenvalue weighted by Gasteiger charge is 2.26. The fourth-order valence-corrected chi connectivity index (χ4v) is 3.73. The molecule has 1 saturated heterocycles. The molecule has 3 aromatic rings. The molecule has 8 heteroatoms. The number of nitrogen functional groups attached to an aromatic ring is 1. The molecule has 1 aromatic carbocycles. The number of amides is 1. The minimum absolute atomic E-state index is 0.0725. The van der Waals surface area contributed by atoms with Gasteiger partial charge in [-0.05, 0) is 38.3 Å². The highest BCUT2D eigenvalue weighted by molar-refractivity contribution is 6.10. The smallest absolute Gasteiger partial charge is 0.257 e. The minimum atomic E-state index is -0.236. The van der Waals surface area contributed by atoms with Crippen molar-refractivity contribution in [2.75, 3.05) is 32.1 Å². The molecule has 1 aliphatic rings. The summed E-state index contributed by atoms with van der Waals surface area (Å²) in [6, 6.07) is 7.63. The summed E-state index contributed by atoms with van der Waals surface area (Å²) in [6.45, 7) is 5.05. The number of benzene rings is 1. The van der Waals surface area contributed by atoms with Crippen LogP contribution in [0.25, 0.3) is 22.2 Å². The van der Waals surface area contributed by atoms with E-state index in [-0.39, 0.29) is 12.0 Å². The number of nitrogens with zero attached hydrogens (tertiary/aromatic N) is 3. The molecule has 1 atom stereocenters. The molecule has 0 radical (unpaired) electrons. The maximum Gasteiger partial charge on any atom is 0.257 e. The van der Waals surface area contributed by atoms with Crippen molar-refractivity contribution in [3.63, 3.8) is 0 Å². The summed E-state index contributed by atoms with van der Waals surface area (Å²) >= 11 is 0. The lowest BCUT2D eigenvalue weighted by Gasteiger charge is -2.13. The Labute approximate surface area is 169 Å². The van der Waals surface area contributed by atoms with Gasteiger partial charge in [0.25, 0.3) is 5.91 Å². The van der Waals surface area contributed by atoms with Gasteiger partial charge in [0.2, 0.25) is 0 Å². The molecule has 8 nitrogen and oxygen atoms in total. The third-order valence-electron chi connectivity index (χ3n) is 5.18. The highest BCUT2D eigenvalue weighted by Crippen LogP contribution is 2.29. The average molecular weight is 397 g/mol. The molecule has 2 aromatic heterocycles. The van der Waals surface area contributed by atoms with Gasteiger partial charge in [0.1, 0.15) is 16.9 Å². The van der Waals surface area contributed by atoms with Crippen molar-refractivity contribution >= 4 is 33.9 Å². The SMILES string of the molecule is CCOCCCNC(=O)c1c(N)n(C[C@H]2CCCO2)c2nc3ccccc3nc12. The molecule has 29 heavy (non-hydrogen) atoms. The van der Waals surface area contributed by atoms with Crippen molar-refractivity contribution in [3.8, 4) is 0 Å². The lowest BCUT2D eigenvalue weighted by Crippen LogP contribution is -2.26. The van der Waals surface area contributed by atoms with Crippen LogP contribution in [0.15, 0.2) is 24.3 Å². The number of hydrogen-bond acceptors (Lipinski definition) is 6. The average Bonchev–Trinajstić information content (AvgIpc) is 3.33. The Kier molecular flexibility index (Phi) is 5.92. The van der Waals surface area contributed by atoms with E-state index >= 15 is 0 Å². The zero-order valence-electron chi connectivity index (χ0n) is 16.7. The van der Waals surface area contributed by atoms with Crippen LogP contribution in [-0.4, -0.2) is 52.9 Å². The van der Waals surface area contributed by atoms with Gasteiger partial charge in [-0.15, -0.1) is 0 Å². The van der Waals surface area contributed by atoms with Crippen LogP contribution in [0, 0.1) is 0 Å². The van der Waals surface area contributed by atoms with E-state index in [9.17, 15) is 4.79 Å². The normalized spacial score (nSPS) is 16.7. The van der Waals surface area contributed by atoms with E-state index in [2.05, 4.69) is 5.32 Å². The first-order chi connectivity index (χ1) is 14.2. The van der Waals surface area contributed by atoms with Gasteiger partial charge in [0, 0.05) is 26.4 Å². The number of ether oxygens (including phenoxy) is 2. The summed E-state index contributed by atoms with van der Waals surface area (Å²) in [5.41, 5.74) is 9.49. The molecule has 1 fully saturated rings. The maximum atomic E-state index is 13.0. The molecule has 3 N–H and O–H groups in total. The topological polar surface area (TPSA) is 104 Å². The van der Waals surface area contributed by atoms with E-state index < -0.39 is 0 Å². The predicted molar refractivity (Wildman–Crippen MR) is 112 cm³/mol. The van der Waals surface area contributed by atoms with Crippen LogP contribution in [0.1, 0.15) is 36.5 Å². The fourth-order valence-electron chi connectivity index (χ4n) is 3.73.